The molecule has 0 radical (unpaired) electrons. The molecule has 0 N–H and O–H groups in total. The van der Waals surface area contributed by atoms with Crippen LogP contribution in [0.25, 0.3) is 0 Å². The summed E-state index contributed by atoms with van der Waals surface area (Å²) in [7, 11) is -1.41. The molecule has 0 aromatic heterocycles. The molecule has 1 aromatic rings. The Hall–Kier alpha value is -1.36. The maximum Gasteiger partial charge on any atom is 0.223 e. The van der Waals surface area contributed by atoms with Gasteiger partial charge in [-0.3, -0.25) is 4.79 Å². The SMILES string of the molecule is CCC(CC(=O)N(C)C(C)CS(C)(=O)=O)c1ccccc1. The fourth-order valence-corrected chi connectivity index (χ4v) is 3.47. The Kier molecular flexibility index (Phi) is 6.40. The summed E-state index contributed by atoms with van der Waals surface area (Å²) in [4.78, 5) is 13.9. The number of carbonyl (C=O) groups excluding carboxylic acids is 1. The molecule has 1 rings (SSSR count). The maximum absolute atomic E-state index is 12.3. The predicted molar refractivity (Wildman–Crippen MR) is 86.0 cm³/mol. The van der Waals surface area contributed by atoms with Crippen LogP contribution in [0.3, 0.4) is 0 Å². The number of hydrogen-bond donors (Lipinski definition) is 0. The third kappa shape index (κ3) is 5.87. The van der Waals surface area contributed by atoms with E-state index in [1.807, 2.05) is 30.3 Å². The van der Waals surface area contributed by atoms with E-state index in [0.717, 1.165) is 12.0 Å². The molecule has 0 aliphatic heterocycles. The lowest BCUT2D eigenvalue weighted by molar-refractivity contribution is -0.131. The smallest absolute Gasteiger partial charge is 0.223 e. The van der Waals surface area contributed by atoms with Crippen LogP contribution in [0.5, 0.6) is 0 Å². The third-order valence-corrected chi connectivity index (χ3v) is 4.87. The van der Waals surface area contributed by atoms with Crippen molar-refractivity contribution in [2.75, 3.05) is 19.1 Å². The lowest BCUT2D eigenvalue weighted by atomic mass is 9.92. The summed E-state index contributed by atoms with van der Waals surface area (Å²) in [6, 6.07) is 9.65. The van der Waals surface area contributed by atoms with Crippen LogP contribution in [0.15, 0.2) is 30.3 Å². The minimum Gasteiger partial charge on any atom is -0.342 e. The van der Waals surface area contributed by atoms with Crippen molar-refractivity contribution in [1.82, 2.24) is 4.90 Å². The topological polar surface area (TPSA) is 54.5 Å². The molecule has 21 heavy (non-hydrogen) atoms. The highest BCUT2D eigenvalue weighted by Crippen LogP contribution is 2.24. The normalized spacial score (nSPS) is 14.5. The number of benzene rings is 1. The molecule has 1 aromatic carbocycles. The van der Waals surface area contributed by atoms with Gasteiger partial charge in [-0.05, 0) is 24.8 Å². The fourth-order valence-electron chi connectivity index (χ4n) is 2.37. The van der Waals surface area contributed by atoms with Crippen molar-refractivity contribution in [3.05, 3.63) is 35.9 Å². The van der Waals surface area contributed by atoms with Gasteiger partial charge in [-0.1, -0.05) is 37.3 Å². The number of sulfone groups is 1. The molecule has 2 atom stereocenters. The van der Waals surface area contributed by atoms with Gasteiger partial charge in [-0.25, -0.2) is 8.42 Å². The molecule has 0 aliphatic carbocycles. The molecular weight excluding hydrogens is 286 g/mol. The summed E-state index contributed by atoms with van der Waals surface area (Å²) in [6.07, 6.45) is 2.48. The molecular formula is C16H25NO3S. The molecule has 0 aliphatic rings. The largest absolute Gasteiger partial charge is 0.342 e. The first-order valence-electron chi connectivity index (χ1n) is 7.23. The van der Waals surface area contributed by atoms with Crippen molar-refractivity contribution in [2.24, 2.45) is 0 Å². The van der Waals surface area contributed by atoms with Gasteiger partial charge < -0.3 is 4.90 Å². The Morgan fingerprint density at radius 2 is 1.81 bits per heavy atom. The molecule has 0 spiro atoms. The van der Waals surface area contributed by atoms with Crippen LogP contribution in [-0.4, -0.2) is 44.3 Å². The van der Waals surface area contributed by atoms with E-state index in [2.05, 4.69) is 6.92 Å². The Balaban J connectivity index is 2.70. The van der Waals surface area contributed by atoms with Crippen LogP contribution in [-0.2, 0) is 14.6 Å². The first kappa shape index (κ1) is 17.7. The Bertz CT molecular complexity index is 554. The lowest BCUT2D eigenvalue weighted by Crippen LogP contribution is -2.39. The second-order valence-corrected chi connectivity index (χ2v) is 7.85. The predicted octanol–water partition coefficient (Wildman–Crippen LogP) is 2.46. The van der Waals surface area contributed by atoms with E-state index in [1.165, 1.54) is 6.26 Å². The quantitative estimate of drug-likeness (QED) is 0.777. The molecule has 0 fully saturated rings. The number of rotatable bonds is 7. The minimum absolute atomic E-state index is 0.00261. The van der Waals surface area contributed by atoms with Gasteiger partial charge in [0.2, 0.25) is 5.91 Å². The molecule has 5 heteroatoms. The van der Waals surface area contributed by atoms with E-state index in [4.69, 9.17) is 0 Å². The van der Waals surface area contributed by atoms with Crippen molar-refractivity contribution in [2.45, 2.75) is 38.6 Å². The van der Waals surface area contributed by atoms with E-state index in [1.54, 1.807) is 18.9 Å². The van der Waals surface area contributed by atoms with Crippen LogP contribution < -0.4 is 0 Å². The highest BCUT2D eigenvalue weighted by molar-refractivity contribution is 7.90. The number of hydrogen-bond acceptors (Lipinski definition) is 3. The molecule has 0 heterocycles. The Morgan fingerprint density at radius 3 is 2.29 bits per heavy atom. The van der Waals surface area contributed by atoms with Gasteiger partial charge in [-0.2, -0.15) is 0 Å². The van der Waals surface area contributed by atoms with Crippen LogP contribution in [0.2, 0.25) is 0 Å². The van der Waals surface area contributed by atoms with Crippen molar-refractivity contribution in [1.29, 1.82) is 0 Å². The first-order chi connectivity index (χ1) is 9.74. The summed E-state index contributed by atoms with van der Waals surface area (Å²) < 4.78 is 22.7. The Morgan fingerprint density at radius 1 is 1.24 bits per heavy atom. The molecule has 0 bridgehead atoms. The second-order valence-electron chi connectivity index (χ2n) is 5.67. The highest BCUT2D eigenvalue weighted by atomic mass is 32.2. The minimum atomic E-state index is -3.08. The van der Waals surface area contributed by atoms with E-state index >= 15 is 0 Å². The average Bonchev–Trinajstić information content (AvgIpc) is 2.42. The molecule has 1 amide bonds. The van der Waals surface area contributed by atoms with Crippen molar-refractivity contribution in [3.8, 4) is 0 Å². The summed E-state index contributed by atoms with van der Waals surface area (Å²) in [6.45, 7) is 3.83. The van der Waals surface area contributed by atoms with Crippen molar-refractivity contribution >= 4 is 15.7 Å². The highest BCUT2D eigenvalue weighted by Gasteiger charge is 2.22. The monoisotopic (exact) mass is 311 g/mol. The zero-order chi connectivity index (χ0) is 16.0. The van der Waals surface area contributed by atoms with Gasteiger partial charge in [0.15, 0.2) is 0 Å². The van der Waals surface area contributed by atoms with Crippen molar-refractivity contribution in [3.63, 3.8) is 0 Å². The first-order valence-corrected chi connectivity index (χ1v) is 9.29. The van der Waals surface area contributed by atoms with Gasteiger partial charge >= 0.3 is 0 Å². The maximum atomic E-state index is 12.3. The fraction of sp³-hybridized carbons (Fsp3) is 0.562. The van der Waals surface area contributed by atoms with Gasteiger partial charge in [0.1, 0.15) is 9.84 Å². The number of carbonyl (C=O) groups is 1. The van der Waals surface area contributed by atoms with Gasteiger partial charge in [0, 0.05) is 25.8 Å². The summed E-state index contributed by atoms with van der Waals surface area (Å²) in [5, 5.41) is 0. The summed E-state index contributed by atoms with van der Waals surface area (Å²) in [5.74, 6) is 0.158. The molecule has 0 saturated carbocycles. The van der Waals surface area contributed by atoms with E-state index in [0.29, 0.717) is 6.42 Å². The van der Waals surface area contributed by atoms with E-state index in [-0.39, 0.29) is 23.6 Å². The van der Waals surface area contributed by atoms with E-state index in [9.17, 15) is 13.2 Å². The molecule has 118 valence electrons. The second kappa shape index (κ2) is 7.59. The van der Waals surface area contributed by atoms with Crippen LogP contribution >= 0.6 is 0 Å². The van der Waals surface area contributed by atoms with E-state index < -0.39 is 9.84 Å². The third-order valence-electron chi connectivity index (χ3n) is 3.78. The lowest BCUT2D eigenvalue weighted by Gasteiger charge is -2.26. The van der Waals surface area contributed by atoms with Crippen LogP contribution in [0, 0.1) is 0 Å². The average molecular weight is 311 g/mol. The molecule has 4 nitrogen and oxygen atoms in total. The number of nitrogens with zero attached hydrogens (tertiary/aromatic N) is 1. The van der Waals surface area contributed by atoms with Crippen LogP contribution in [0.4, 0.5) is 0 Å². The number of amides is 1. The molecule has 2 unspecified atom stereocenters. The zero-order valence-corrected chi connectivity index (χ0v) is 14.1. The van der Waals surface area contributed by atoms with Gasteiger partial charge in [0.25, 0.3) is 0 Å². The van der Waals surface area contributed by atoms with Crippen molar-refractivity contribution < 1.29 is 13.2 Å². The van der Waals surface area contributed by atoms with Gasteiger partial charge in [0.05, 0.1) is 5.75 Å². The summed E-state index contributed by atoms with van der Waals surface area (Å²) >= 11 is 0. The standard InChI is InChI=1S/C16H25NO3S/c1-5-14(15-9-7-6-8-10-15)11-16(18)17(3)13(2)12-21(4,19)20/h6-10,13-14H,5,11-12H2,1-4H3. The van der Waals surface area contributed by atoms with Crippen LogP contribution in [0.1, 0.15) is 38.2 Å². The Labute approximate surface area is 128 Å². The van der Waals surface area contributed by atoms with Gasteiger partial charge in [-0.15, -0.1) is 0 Å². The zero-order valence-electron chi connectivity index (χ0n) is 13.2. The summed E-state index contributed by atoms with van der Waals surface area (Å²) in [5.41, 5.74) is 1.15. The molecule has 0 saturated heterocycles.